The van der Waals surface area contributed by atoms with E-state index in [0.717, 1.165) is 12.1 Å². The Kier molecular flexibility index (Phi) is 5.82. The fraction of sp³-hybridized carbons (Fsp3) is 0.0500. The highest BCUT2D eigenvalue weighted by molar-refractivity contribution is 6.35. The summed E-state index contributed by atoms with van der Waals surface area (Å²) in [5.74, 6) is 0.0951. The second-order valence-corrected chi connectivity index (χ2v) is 6.60. The number of hydrogen-bond acceptors (Lipinski definition) is 2. The predicted octanol–water partition coefficient (Wildman–Crippen LogP) is 6.92. The van der Waals surface area contributed by atoms with E-state index in [9.17, 15) is 18.0 Å². The summed E-state index contributed by atoms with van der Waals surface area (Å²) >= 11 is 11.9. The normalized spacial score (nSPS) is 11.8. The van der Waals surface area contributed by atoms with E-state index in [1.54, 1.807) is 30.3 Å². The number of benzene rings is 2. The molecular formula is C20H12Cl2F3NO2. The third-order valence-electron chi connectivity index (χ3n) is 3.66. The summed E-state index contributed by atoms with van der Waals surface area (Å²) < 4.78 is 44.5. The van der Waals surface area contributed by atoms with Crippen LogP contribution in [0.4, 0.5) is 18.9 Å². The van der Waals surface area contributed by atoms with E-state index < -0.39 is 17.6 Å². The van der Waals surface area contributed by atoms with Gasteiger partial charge in [-0.2, -0.15) is 13.2 Å². The molecule has 0 atom stereocenters. The zero-order valence-electron chi connectivity index (χ0n) is 14.1. The first-order chi connectivity index (χ1) is 13.2. The molecule has 0 unspecified atom stereocenters. The van der Waals surface area contributed by atoms with Crippen LogP contribution < -0.4 is 5.32 Å². The molecule has 0 saturated heterocycles. The Morgan fingerprint density at radius 3 is 2.36 bits per heavy atom. The number of furan rings is 1. The molecule has 28 heavy (non-hydrogen) atoms. The highest BCUT2D eigenvalue weighted by Gasteiger charge is 2.33. The number of hydrogen-bond donors (Lipinski definition) is 1. The van der Waals surface area contributed by atoms with Crippen LogP contribution in [0.15, 0.2) is 65.1 Å². The van der Waals surface area contributed by atoms with Crippen molar-refractivity contribution in [1.82, 2.24) is 0 Å². The van der Waals surface area contributed by atoms with Gasteiger partial charge in [0.2, 0.25) is 5.91 Å². The number of amides is 1. The predicted molar refractivity (Wildman–Crippen MR) is 103 cm³/mol. The van der Waals surface area contributed by atoms with Gasteiger partial charge in [0.05, 0.1) is 11.3 Å². The molecule has 1 N–H and O–H groups in total. The molecule has 1 aromatic heterocycles. The van der Waals surface area contributed by atoms with E-state index in [0.29, 0.717) is 27.1 Å². The van der Waals surface area contributed by atoms with E-state index in [1.165, 1.54) is 24.3 Å². The number of nitrogens with one attached hydrogen (secondary N) is 1. The Morgan fingerprint density at radius 1 is 1.00 bits per heavy atom. The van der Waals surface area contributed by atoms with Gasteiger partial charge >= 0.3 is 6.18 Å². The van der Waals surface area contributed by atoms with Gasteiger partial charge in [-0.25, -0.2) is 0 Å². The maximum atomic E-state index is 13.0. The molecule has 3 rings (SSSR count). The van der Waals surface area contributed by atoms with Crippen molar-refractivity contribution in [2.75, 3.05) is 5.32 Å². The lowest BCUT2D eigenvalue weighted by molar-refractivity contribution is -0.136. The second kappa shape index (κ2) is 8.12. The van der Waals surface area contributed by atoms with Gasteiger partial charge < -0.3 is 9.73 Å². The molecule has 0 aliphatic carbocycles. The number of carbonyl (C=O) groups is 1. The van der Waals surface area contributed by atoms with Crippen molar-refractivity contribution in [3.63, 3.8) is 0 Å². The van der Waals surface area contributed by atoms with Gasteiger partial charge in [0.15, 0.2) is 0 Å². The van der Waals surface area contributed by atoms with Crippen molar-refractivity contribution < 1.29 is 22.4 Å². The van der Waals surface area contributed by atoms with Crippen LogP contribution in [0.3, 0.4) is 0 Å². The first-order valence-electron chi connectivity index (χ1n) is 7.94. The van der Waals surface area contributed by atoms with Crippen molar-refractivity contribution in [1.29, 1.82) is 0 Å². The average Bonchev–Trinajstić information content (AvgIpc) is 3.08. The molecule has 0 aliphatic rings. The maximum Gasteiger partial charge on any atom is 0.418 e. The van der Waals surface area contributed by atoms with Crippen molar-refractivity contribution in [2.24, 2.45) is 0 Å². The highest BCUT2D eigenvalue weighted by Crippen LogP contribution is 2.34. The van der Waals surface area contributed by atoms with Crippen molar-refractivity contribution in [3.05, 3.63) is 82.0 Å². The van der Waals surface area contributed by atoms with Gasteiger partial charge in [-0.1, -0.05) is 35.3 Å². The first kappa shape index (κ1) is 20.0. The third kappa shape index (κ3) is 4.97. The van der Waals surface area contributed by atoms with Crippen LogP contribution in [0.2, 0.25) is 10.0 Å². The Bertz CT molecular complexity index is 1020. The molecule has 144 valence electrons. The average molecular weight is 426 g/mol. The van der Waals surface area contributed by atoms with Crippen LogP contribution in [0.25, 0.3) is 17.4 Å². The molecule has 0 bridgehead atoms. The van der Waals surface area contributed by atoms with Crippen molar-refractivity contribution in [2.45, 2.75) is 6.18 Å². The molecule has 0 spiro atoms. The van der Waals surface area contributed by atoms with Crippen LogP contribution in [-0.2, 0) is 11.0 Å². The zero-order valence-corrected chi connectivity index (χ0v) is 15.6. The Hall–Kier alpha value is -2.70. The van der Waals surface area contributed by atoms with Crippen LogP contribution in [0.1, 0.15) is 11.3 Å². The minimum Gasteiger partial charge on any atom is -0.457 e. The Morgan fingerprint density at radius 2 is 1.68 bits per heavy atom. The van der Waals surface area contributed by atoms with E-state index in [2.05, 4.69) is 5.32 Å². The molecule has 2 aromatic carbocycles. The summed E-state index contributed by atoms with van der Waals surface area (Å²) in [6.07, 6.45) is -2.14. The molecule has 1 heterocycles. The number of para-hydroxylation sites is 1. The van der Waals surface area contributed by atoms with E-state index >= 15 is 0 Å². The van der Waals surface area contributed by atoms with E-state index in [4.69, 9.17) is 27.6 Å². The Labute approximate surface area is 168 Å². The molecule has 0 fully saturated rings. The lowest BCUT2D eigenvalue weighted by atomic mass is 10.1. The lowest BCUT2D eigenvalue weighted by Crippen LogP contribution is -2.14. The van der Waals surface area contributed by atoms with Gasteiger partial charge in [0, 0.05) is 21.7 Å². The molecule has 0 aliphatic heterocycles. The molecule has 1 amide bonds. The van der Waals surface area contributed by atoms with E-state index in [-0.39, 0.29) is 5.69 Å². The Balaban J connectivity index is 1.73. The summed E-state index contributed by atoms with van der Waals surface area (Å²) in [6, 6.07) is 12.9. The first-order valence-corrected chi connectivity index (χ1v) is 8.69. The number of anilines is 1. The summed E-state index contributed by atoms with van der Waals surface area (Å²) in [6.45, 7) is 0. The zero-order chi connectivity index (χ0) is 20.3. The summed E-state index contributed by atoms with van der Waals surface area (Å²) in [4.78, 5) is 12.0. The second-order valence-electron chi connectivity index (χ2n) is 5.73. The van der Waals surface area contributed by atoms with Gasteiger partial charge in [0.25, 0.3) is 0 Å². The fourth-order valence-corrected chi connectivity index (χ4v) is 2.99. The largest absolute Gasteiger partial charge is 0.457 e. The number of carbonyl (C=O) groups excluding carboxylic acids is 1. The van der Waals surface area contributed by atoms with Crippen molar-refractivity contribution in [3.8, 4) is 11.3 Å². The third-order valence-corrected chi connectivity index (χ3v) is 4.10. The van der Waals surface area contributed by atoms with Crippen LogP contribution in [-0.4, -0.2) is 5.91 Å². The monoisotopic (exact) mass is 425 g/mol. The summed E-state index contributed by atoms with van der Waals surface area (Å²) in [5.41, 5.74) is -0.589. The minimum atomic E-state index is -4.57. The standard InChI is InChI=1S/C20H12Cl2F3NO2/c21-13-9-12(10-14(22)11-13)18-7-5-15(28-18)6-8-19(27)26-17-4-2-1-3-16(17)20(23,24)25/h1-11H,(H,26,27)/b8-6+. The van der Waals surface area contributed by atoms with Crippen LogP contribution in [0.5, 0.6) is 0 Å². The highest BCUT2D eigenvalue weighted by atomic mass is 35.5. The molecule has 0 radical (unpaired) electrons. The molecule has 8 heteroatoms. The molecule has 3 aromatic rings. The van der Waals surface area contributed by atoms with Crippen LogP contribution in [0, 0.1) is 0 Å². The topological polar surface area (TPSA) is 42.2 Å². The molecular weight excluding hydrogens is 414 g/mol. The summed E-state index contributed by atoms with van der Waals surface area (Å²) in [5, 5.41) is 3.10. The van der Waals surface area contributed by atoms with Gasteiger partial charge in [0.1, 0.15) is 11.5 Å². The smallest absolute Gasteiger partial charge is 0.418 e. The summed E-state index contributed by atoms with van der Waals surface area (Å²) in [7, 11) is 0. The SMILES string of the molecule is O=C(/C=C/c1ccc(-c2cc(Cl)cc(Cl)c2)o1)Nc1ccccc1C(F)(F)F. The lowest BCUT2D eigenvalue weighted by Gasteiger charge is -2.12. The fourth-order valence-electron chi connectivity index (χ4n) is 2.47. The van der Waals surface area contributed by atoms with Gasteiger partial charge in [-0.05, 0) is 48.5 Å². The minimum absolute atomic E-state index is 0.321. The maximum absolute atomic E-state index is 13.0. The van der Waals surface area contributed by atoms with Crippen LogP contribution >= 0.6 is 23.2 Å². The molecule has 0 saturated carbocycles. The number of halogens is 5. The van der Waals surface area contributed by atoms with Gasteiger partial charge in [-0.15, -0.1) is 0 Å². The van der Waals surface area contributed by atoms with Gasteiger partial charge in [-0.3, -0.25) is 4.79 Å². The number of alkyl halides is 3. The van der Waals surface area contributed by atoms with Crippen molar-refractivity contribution >= 4 is 40.9 Å². The quantitative estimate of drug-likeness (QED) is 0.460. The molecule has 3 nitrogen and oxygen atoms in total. The van der Waals surface area contributed by atoms with E-state index in [1.807, 2.05) is 0 Å². The number of rotatable bonds is 4.